The van der Waals surface area contributed by atoms with Crippen molar-refractivity contribution in [2.24, 2.45) is 17.6 Å². The second-order valence-electron chi connectivity index (χ2n) is 5.76. The van der Waals surface area contributed by atoms with Gasteiger partial charge in [0.15, 0.2) is 0 Å². The van der Waals surface area contributed by atoms with Crippen LogP contribution in [0.3, 0.4) is 0 Å². The molecule has 0 bridgehead atoms. The Morgan fingerprint density at radius 1 is 0.682 bits per heavy atom. The second kappa shape index (κ2) is 14.4. The van der Waals surface area contributed by atoms with E-state index in [1.807, 2.05) is 0 Å². The van der Waals surface area contributed by atoms with Gasteiger partial charge in [0, 0.05) is 13.2 Å². The summed E-state index contributed by atoms with van der Waals surface area (Å²) in [5.41, 5.74) is 5.30. The topological polar surface area (TPSA) is 72.2 Å². The van der Waals surface area contributed by atoms with Crippen molar-refractivity contribution >= 4 is 0 Å². The van der Waals surface area contributed by atoms with Crippen molar-refractivity contribution in [2.75, 3.05) is 72.6 Å². The quantitative estimate of drug-likeness (QED) is 0.429. The van der Waals surface area contributed by atoms with Gasteiger partial charge in [-0.1, -0.05) is 6.92 Å². The molecule has 1 rings (SSSR count). The van der Waals surface area contributed by atoms with Crippen molar-refractivity contribution in [1.82, 2.24) is 0 Å². The van der Waals surface area contributed by atoms with Crippen LogP contribution in [-0.4, -0.2) is 72.6 Å². The van der Waals surface area contributed by atoms with Gasteiger partial charge in [-0.05, 0) is 24.7 Å². The molecule has 0 unspecified atom stereocenters. The summed E-state index contributed by atoms with van der Waals surface area (Å²) >= 11 is 0. The Balaban J connectivity index is 1.63. The molecule has 0 aromatic rings. The SMILES string of the molecule is CC1CC(COCCOCCOCCOCCOCCN)C1. The average molecular weight is 319 g/mol. The number of hydrogen-bond acceptors (Lipinski definition) is 6. The van der Waals surface area contributed by atoms with Gasteiger partial charge < -0.3 is 29.4 Å². The highest BCUT2D eigenvalue weighted by Gasteiger charge is 2.24. The molecule has 0 amide bonds. The van der Waals surface area contributed by atoms with Crippen LogP contribution in [0.5, 0.6) is 0 Å². The summed E-state index contributed by atoms with van der Waals surface area (Å²) < 4.78 is 26.9. The van der Waals surface area contributed by atoms with Gasteiger partial charge in [0.25, 0.3) is 0 Å². The number of nitrogens with two attached hydrogens (primary N) is 1. The third kappa shape index (κ3) is 11.3. The first-order valence-corrected chi connectivity index (χ1v) is 8.41. The van der Waals surface area contributed by atoms with E-state index < -0.39 is 0 Å². The molecule has 1 fully saturated rings. The van der Waals surface area contributed by atoms with Gasteiger partial charge >= 0.3 is 0 Å². The van der Waals surface area contributed by atoms with Crippen molar-refractivity contribution in [3.8, 4) is 0 Å². The van der Waals surface area contributed by atoms with Crippen molar-refractivity contribution in [3.05, 3.63) is 0 Å². The summed E-state index contributed by atoms with van der Waals surface area (Å²) in [6, 6.07) is 0. The van der Waals surface area contributed by atoms with Crippen LogP contribution in [0.4, 0.5) is 0 Å². The summed E-state index contributed by atoms with van der Waals surface area (Å²) in [5, 5.41) is 0. The zero-order valence-corrected chi connectivity index (χ0v) is 14.0. The maximum atomic E-state index is 5.58. The highest BCUT2D eigenvalue weighted by Crippen LogP contribution is 2.32. The molecule has 0 heterocycles. The molecule has 2 N–H and O–H groups in total. The number of rotatable bonds is 16. The first-order chi connectivity index (χ1) is 10.8. The molecule has 0 spiro atoms. The van der Waals surface area contributed by atoms with E-state index in [1.165, 1.54) is 12.8 Å². The molecule has 6 heteroatoms. The lowest BCUT2D eigenvalue weighted by atomic mass is 9.77. The fraction of sp³-hybridized carbons (Fsp3) is 1.00. The zero-order chi connectivity index (χ0) is 15.9. The van der Waals surface area contributed by atoms with E-state index in [1.54, 1.807) is 0 Å². The summed E-state index contributed by atoms with van der Waals surface area (Å²) in [5.74, 6) is 1.67. The van der Waals surface area contributed by atoms with Gasteiger partial charge in [-0.15, -0.1) is 0 Å². The predicted molar refractivity (Wildman–Crippen MR) is 85.0 cm³/mol. The van der Waals surface area contributed by atoms with Crippen LogP contribution in [0.25, 0.3) is 0 Å². The van der Waals surface area contributed by atoms with Gasteiger partial charge in [0.1, 0.15) is 0 Å². The third-order valence-electron chi connectivity index (χ3n) is 3.58. The van der Waals surface area contributed by atoms with E-state index in [-0.39, 0.29) is 0 Å². The molecule has 0 aromatic heterocycles. The number of hydrogen-bond donors (Lipinski definition) is 1. The minimum absolute atomic E-state index is 0.550. The van der Waals surface area contributed by atoms with E-state index in [4.69, 9.17) is 29.4 Å². The maximum absolute atomic E-state index is 5.58. The van der Waals surface area contributed by atoms with Gasteiger partial charge in [-0.25, -0.2) is 0 Å². The first kappa shape index (κ1) is 19.8. The molecular formula is C16H33NO5. The Kier molecular flexibility index (Phi) is 12.9. The Morgan fingerprint density at radius 3 is 1.50 bits per heavy atom. The molecule has 6 nitrogen and oxygen atoms in total. The summed E-state index contributed by atoms with van der Waals surface area (Å²) in [6.45, 7) is 9.14. The zero-order valence-electron chi connectivity index (χ0n) is 14.0. The monoisotopic (exact) mass is 319 g/mol. The molecule has 1 saturated carbocycles. The lowest BCUT2D eigenvalue weighted by Crippen LogP contribution is -2.26. The molecule has 22 heavy (non-hydrogen) atoms. The molecule has 0 radical (unpaired) electrons. The third-order valence-corrected chi connectivity index (χ3v) is 3.58. The Bertz CT molecular complexity index is 237. The lowest BCUT2D eigenvalue weighted by molar-refractivity contribution is -0.0188. The fourth-order valence-corrected chi connectivity index (χ4v) is 2.42. The standard InChI is InChI=1S/C16H33NO5/c1-15-12-16(13-15)14-22-11-10-21-9-8-20-7-6-19-5-4-18-3-2-17/h15-16H,2-14,17H2,1H3. The molecule has 132 valence electrons. The normalized spacial score (nSPS) is 21.0. The molecule has 0 atom stereocenters. The highest BCUT2D eigenvalue weighted by molar-refractivity contribution is 4.75. The fourth-order valence-electron chi connectivity index (χ4n) is 2.42. The smallest absolute Gasteiger partial charge is 0.0701 e. The molecule has 1 aliphatic carbocycles. The van der Waals surface area contributed by atoms with Crippen molar-refractivity contribution in [1.29, 1.82) is 0 Å². The van der Waals surface area contributed by atoms with Gasteiger partial charge in [0.05, 0.1) is 59.5 Å². The molecular weight excluding hydrogens is 286 g/mol. The summed E-state index contributed by atoms with van der Waals surface area (Å²) in [4.78, 5) is 0. The predicted octanol–water partition coefficient (Wildman–Crippen LogP) is 1.07. The second-order valence-corrected chi connectivity index (χ2v) is 5.76. The van der Waals surface area contributed by atoms with Crippen LogP contribution in [0.15, 0.2) is 0 Å². The van der Waals surface area contributed by atoms with Crippen LogP contribution in [0.2, 0.25) is 0 Å². The molecule has 0 saturated heterocycles. The van der Waals surface area contributed by atoms with E-state index >= 15 is 0 Å². The van der Waals surface area contributed by atoms with Crippen molar-refractivity contribution < 1.29 is 23.7 Å². The van der Waals surface area contributed by atoms with Crippen molar-refractivity contribution in [2.45, 2.75) is 19.8 Å². The molecule has 1 aliphatic rings. The van der Waals surface area contributed by atoms with Crippen LogP contribution in [0.1, 0.15) is 19.8 Å². The molecule has 0 aromatic carbocycles. The van der Waals surface area contributed by atoms with Gasteiger partial charge in [0.2, 0.25) is 0 Å². The van der Waals surface area contributed by atoms with E-state index in [2.05, 4.69) is 6.92 Å². The van der Waals surface area contributed by atoms with Crippen LogP contribution >= 0.6 is 0 Å². The van der Waals surface area contributed by atoms with E-state index in [0.717, 1.165) is 18.4 Å². The highest BCUT2D eigenvalue weighted by atomic mass is 16.6. The average Bonchev–Trinajstić information content (AvgIpc) is 2.49. The summed E-state index contributed by atoms with van der Waals surface area (Å²) in [7, 11) is 0. The van der Waals surface area contributed by atoms with Crippen molar-refractivity contribution in [3.63, 3.8) is 0 Å². The molecule has 0 aliphatic heterocycles. The van der Waals surface area contributed by atoms with Gasteiger partial charge in [-0.2, -0.15) is 0 Å². The van der Waals surface area contributed by atoms with Crippen LogP contribution < -0.4 is 5.73 Å². The van der Waals surface area contributed by atoms with Crippen LogP contribution in [0, 0.1) is 11.8 Å². The van der Waals surface area contributed by atoms with E-state index in [9.17, 15) is 0 Å². The Labute approximate surface area is 134 Å². The maximum Gasteiger partial charge on any atom is 0.0701 e. The van der Waals surface area contributed by atoms with Crippen LogP contribution in [-0.2, 0) is 23.7 Å². The van der Waals surface area contributed by atoms with E-state index in [0.29, 0.717) is 66.0 Å². The largest absolute Gasteiger partial charge is 0.379 e. The van der Waals surface area contributed by atoms with Gasteiger partial charge in [-0.3, -0.25) is 0 Å². The summed E-state index contributed by atoms with van der Waals surface area (Å²) in [6.07, 6.45) is 2.63. The minimum Gasteiger partial charge on any atom is -0.379 e. The number of ether oxygens (including phenoxy) is 5. The first-order valence-electron chi connectivity index (χ1n) is 8.41. The Morgan fingerprint density at radius 2 is 1.09 bits per heavy atom. The Hall–Kier alpha value is -0.240. The minimum atomic E-state index is 0.550. The lowest BCUT2D eigenvalue weighted by Gasteiger charge is -2.32.